The summed E-state index contributed by atoms with van der Waals surface area (Å²) < 4.78 is 41.0. The average molecular weight is 402 g/mol. The summed E-state index contributed by atoms with van der Waals surface area (Å²) in [4.78, 5) is 11.3. The summed E-state index contributed by atoms with van der Waals surface area (Å²) in [5, 5.41) is 0. The monoisotopic (exact) mass is 400 g/mol. The van der Waals surface area contributed by atoms with E-state index in [2.05, 4.69) is 15.9 Å². The first-order valence-corrected chi connectivity index (χ1v) is 9.34. The fourth-order valence-corrected chi connectivity index (χ4v) is 3.69. The third-order valence-electron chi connectivity index (χ3n) is 2.65. The van der Waals surface area contributed by atoms with Crippen LogP contribution in [0.5, 0.6) is 0 Å². The Labute approximate surface area is 136 Å². The molecule has 0 saturated heterocycles. The van der Waals surface area contributed by atoms with E-state index in [1.807, 2.05) is 13.8 Å². The van der Waals surface area contributed by atoms with Gasteiger partial charge in [0.2, 0.25) is 0 Å². The maximum Gasteiger partial charge on any atom is 0.338 e. The van der Waals surface area contributed by atoms with E-state index in [-0.39, 0.29) is 16.6 Å². The molecule has 0 amide bonds. The lowest BCUT2D eigenvalue weighted by Gasteiger charge is -2.08. The van der Waals surface area contributed by atoms with Crippen LogP contribution in [0.3, 0.4) is 0 Å². The first kappa shape index (κ1) is 18.4. The number of carbonyl (C=O) groups is 1. The van der Waals surface area contributed by atoms with E-state index < -0.39 is 25.7 Å². The SMILES string of the molecule is CC(C)CCCOC(=O)c1cc(F)c(Br)c(S(=O)(=O)Cl)c1. The lowest BCUT2D eigenvalue weighted by Crippen LogP contribution is -2.09. The number of esters is 1. The van der Waals surface area contributed by atoms with Crippen molar-refractivity contribution < 1.29 is 22.3 Å². The van der Waals surface area contributed by atoms with E-state index in [4.69, 9.17) is 15.4 Å². The highest BCUT2D eigenvalue weighted by Crippen LogP contribution is 2.29. The van der Waals surface area contributed by atoms with Crippen LogP contribution in [0.25, 0.3) is 0 Å². The number of halogens is 3. The van der Waals surface area contributed by atoms with Crippen molar-refractivity contribution in [2.24, 2.45) is 5.92 Å². The summed E-state index contributed by atoms with van der Waals surface area (Å²) in [5.74, 6) is -1.20. The molecule has 0 aliphatic carbocycles. The third-order valence-corrected chi connectivity index (χ3v) is 5.07. The molecule has 0 bridgehead atoms. The molecule has 0 heterocycles. The number of rotatable bonds is 6. The first-order valence-electron chi connectivity index (χ1n) is 6.23. The average Bonchev–Trinajstić information content (AvgIpc) is 2.35. The van der Waals surface area contributed by atoms with E-state index >= 15 is 0 Å². The molecule has 0 unspecified atom stereocenters. The van der Waals surface area contributed by atoms with Gasteiger partial charge < -0.3 is 4.74 Å². The predicted molar refractivity (Wildman–Crippen MR) is 81.5 cm³/mol. The van der Waals surface area contributed by atoms with E-state index in [0.29, 0.717) is 12.3 Å². The van der Waals surface area contributed by atoms with Gasteiger partial charge in [0.25, 0.3) is 9.05 Å². The largest absolute Gasteiger partial charge is 0.462 e. The highest BCUT2D eigenvalue weighted by molar-refractivity contribution is 9.10. The Morgan fingerprint density at radius 1 is 1.43 bits per heavy atom. The zero-order chi connectivity index (χ0) is 16.2. The van der Waals surface area contributed by atoms with E-state index in [9.17, 15) is 17.6 Å². The highest BCUT2D eigenvalue weighted by atomic mass is 79.9. The Hall–Kier alpha value is -0.660. The molecule has 0 spiro atoms. The molecule has 1 rings (SSSR count). The van der Waals surface area contributed by atoms with Crippen molar-refractivity contribution in [3.63, 3.8) is 0 Å². The fourth-order valence-electron chi connectivity index (χ4n) is 1.60. The minimum Gasteiger partial charge on any atom is -0.462 e. The molecular weight excluding hydrogens is 387 g/mol. The van der Waals surface area contributed by atoms with E-state index in [1.165, 1.54) is 0 Å². The van der Waals surface area contributed by atoms with Gasteiger partial charge in [0, 0.05) is 10.7 Å². The molecule has 8 heteroatoms. The fraction of sp³-hybridized carbons (Fsp3) is 0.462. The Kier molecular flexibility index (Phi) is 6.62. The maximum absolute atomic E-state index is 13.6. The quantitative estimate of drug-likeness (QED) is 0.409. The molecule has 1 aromatic rings. The molecule has 1 aromatic carbocycles. The molecule has 0 saturated carbocycles. The topological polar surface area (TPSA) is 60.4 Å². The maximum atomic E-state index is 13.6. The van der Waals surface area contributed by atoms with Gasteiger partial charge >= 0.3 is 5.97 Å². The zero-order valence-electron chi connectivity index (χ0n) is 11.5. The van der Waals surface area contributed by atoms with Crippen LogP contribution in [0.2, 0.25) is 0 Å². The zero-order valence-corrected chi connectivity index (χ0v) is 14.7. The molecule has 0 N–H and O–H groups in total. The van der Waals surface area contributed by atoms with Gasteiger partial charge in [-0.15, -0.1) is 0 Å². The normalized spacial score (nSPS) is 11.7. The van der Waals surface area contributed by atoms with Crippen LogP contribution in [0, 0.1) is 11.7 Å². The number of ether oxygens (including phenoxy) is 1. The van der Waals surface area contributed by atoms with Crippen LogP contribution in [0.1, 0.15) is 37.0 Å². The number of carbonyl (C=O) groups excluding carboxylic acids is 1. The van der Waals surface area contributed by atoms with Crippen molar-refractivity contribution in [2.45, 2.75) is 31.6 Å². The Morgan fingerprint density at radius 2 is 2.05 bits per heavy atom. The minimum absolute atomic E-state index is 0.192. The van der Waals surface area contributed by atoms with Crippen LogP contribution in [0.15, 0.2) is 21.5 Å². The van der Waals surface area contributed by atoms with Gasteiger partial charge in [-0.3, -0.25) is 0 Å². The summed E-state index contributed by atoms with van der Waals surface area (Å²) in [6.07, 6.45) is 1.58. The van der Waals surface area contributed by atoms with Gasteiger partial charge in [-0.1, -0.05) is 13.8 Å². The van der Waals surface area contributed by atoms with Crippen molar-refractivity contribution in [1.29, 1.82) is 0 Å². The lowest BCUT2D eigenvalue weighted by atomic mass is 10.1. The van der Waals surface area contributed by atoms with Gasteiger partial charge in [-0.05, 0) is 46.8 Å². The first-order chi connectivity index (χ1) is 9.62. The van der Waals surface area contributed by atoms with Crippen molar-refractivity contribution >= 4 is 41.6 Å². The Morgan fingerprint density at radius 3 is 2.57 bits per heavy atom. The van der Waals surface area contributed by atoms with Gasteiger partial charge in [-0.2, -0.15) is 0 Å². The second kappa shape index (κ2) is 7.56. The van der Waals surface area contributed by atoms with Crippen molar-refractivity contribution in [3.05, 3.63) is 28.0 Å². The van der Waals surface area contributed by atoms with Crippen molar-refractivity contribution in [2.75, 3.05) is 6.61 Å². The van der Waals surface area contributed by atoms with E-state index in [0.717, 1.165) is 18.6 Å². The Balaban J connectivity index is 2.89. The van der Waals surface area contributed by atoms with Crippen LogP contribution in [0.4, 0.5) is 4.39 Å². The third kappa shape index (κ3) is 5.56. The summed E-state index contributed by atoms with van der Waals surface area (Å²) in [5.41, 5.74) is -0.195. The second-order valence-corrected chi connectivity index (χ2v) is 8.21. The summed E-state index contributed by atoms with van der Waals surface area (Å²) in [6.45, 7) is 4.28. The molecule has 21 heavy (non-hydrogen) atoms. The van der Waals surface area contributed by atoms with Crippen LogP contribution >= 0.6 is 26.6 Å². The number of benzene rings is 1. The molecule has 0 aliphatic heterocycles. The van der Waals surface area contributed by atoms with Crippen molar-refractivity contribution in [3.8, 4) is 0 Å². The molecular formula is C13H15BrClFO4S. The van der Waals surface area contributed by atoms with Gasteiger partial charge in [0.1, 0.15) is 10.7 Å². The van der Waals surface area contributed by atoms with Gasteiger partial charge in [-0.25, -0.2) is 17.6 Å². The standard InChI is InChI=1S/C13H15BrClFO4S/c1-8(2)4-3-5-20-13(17)9-6-10(16)12(14)11(7-9)21(15,18)19/h6-8H,3-5H2,1-2H3. The molecule has 0 fully saturated rings. The molecule has 4 nitrogen and oxygen atoms in total. The number of hydrogen-bond donors (Lipinski definition) is 0. The molecule has 118 valence electrons. The predicted octanol–water partition coefficient (Wildman–Crippen LogP) is 4.11. The lowest BCUT2D eigenvalue weighted by molar-refractivity contribution is 0.0494. The molecule has 0 aromatic heterocycles. The van der Waals surface area contributed by atoms with Crippen molar-refractivity contribution in [1.82, 2.24) is 0 Å². The highest BCUT2D eigenvalue weighted by Gasteiger charge is 2.21. The molecule has 0 aliphatic rings. The molecule has 0 atom stereocenters. The number of hydrogen-bond acceptors (Lipinski definition) is 4. The van der Waals surface area contributed by atoms with Gasteiger partial charge in [0.05, 0.1) is 16.6 Å². The summed E-state index contributed by atoms with van der Waals surface area (Å²) >= 11 is 2.79. The summed E-state index contributed by atoms with van der Waals surface area (Å²) in [6, 6.07) is 1.89. The molecule has 0 radical (unpaired) electrons. The van der Waals surface area contributed by atoms with E-state index in [1.54, 1.807) is 0 Å². The van der Waals surface area contributed by atoms with Crippen LogP contribution in [-0.2, 0) is 13.8 Å². The van der Waals surface area contributed by atoms with Crippen LogP contribution in [-0.4, -0.2) is 21.0 Å². The van der Waals surface area contributed by atoms with Crippen LogP contribution < -0.4 is 0 Å². The Bertz CT molecular complexity index is 631. The second-order valence-electron chi connectivity index (χ2n) is 4.88. The smallest absolute Gasteiger partial charge is 0.338 e. The minimum atomic E-state index is -4.17. The van der Waals surface area contributed by atoms with Gasteiger partial charge in [0.15, 0.2) is 0 Å². The summed E-state index contributed by atoms with van der Waals surface area (Å²) in [7, 11) is 1.03.